The van der Waals surface area contributed by atoms with Gasteiger partial charge >= 0.3 is 0 Å². The van der Waals surface area contributed by atoms with Gasteiger partial charge in [0.25, 0.3) is 10.2 Å². The number of rotatable bonds is 3. The molecule has 1 aromatic carbocycles. The zero-order valence-electron chi connectivity index (χ0n) is 8.61. The van der Waals surface area contributed by atoms with Crippen LogP contribution in [0.15, 0.2) is 30.3 Å². The molecule has 2 N–H and O–H groups in total. The van der Waals surface area contributed by atoms with Crippen LogP contribution in [-0.2, 0) is 10.2 Å². The zero-order valence-corrected chi connectivity index (χ0v) is 9.43. The van der Waals surface area contributed by atoms with Gasteiger partial charge in [0.1, 0.15) is 0 Å². The van der Waals surface area contributed by atoms with Gasteiger partial charge in [0.2, 0.25) is 0 Å². The Morgan fingerprint density at radius 3 is 2.00 bits per heavy atom. The van der Waals surface area contributed by atoms with Gasteiger partial charge in [0, 0.05) is 12.7 Å². The number of nitrogens with one attached hydrogen (secondary N) is 2. The average molecular weight is 216 g/mol. The molecule has 0 fully saturated rings. The Hall–Kier alpha value is -1.07. The van der Waals surface area contributed by atoms with Gasteiger partial charge in [-0.25, -0.2) is 4.72 Å². The molecule has 80 valence electrons. The summed E-state index contributed by atoms with van der Waals surface area (Å²) in [4.78, 5) is 0. The number of hydrogen-bond acceptors (Lipinski definition) is 2. The van der Waals surface area contributed by atoms with E-state index in [0.29, 0.717) is 5.69 Å². The summed E-state index contributed by atoms with van der Waals surface area (Å²) in [6.45, 7) is 4.00. The smallest absolute Gasteiger partial charge is 0.271 e. The number of anilines is 1. The Bertz CT molecular complexity index is 335. The quantitative estimate of drug-likeness (QED) is 0.806. The van der Waals surface area contributed by atoms with Crippen molar-refractivity contribution in [3.63, 3.8) is 0 Å². The van der Waals surface area contributed by atoms with Crippen molar-refractivity contribution >= 4 is 15.9 Å². The normalized spacial score (nSPS) is 9.93. The highest BCUT2D eigenvalue weighted by Gasteiger charge is 2.03. The first-order chi connectivity index (χ1) is 6.64. The van der Waals surface area contributed by atoms with Gasteiger partial charge in [0.15, 0.2) is 0 Å². The fourth-order valence-corrected chi connectivity index (χ4v) is 1.26. The van der Waals surface area contributed by atoms with Crippen molar-refractivity contribution in [1.29, 1.82) is 0 Å². The maximum atomic E-state index is 10.9. The molecule has 0 bridgehead atoms. The lowest BCUT2D eigenvalue weighted by atomic mass is 10.3. The molecule has 0 heterocycles. The van der Waals surface area contributed by atoms with Gasteiger partial charge in [-0.3, -0.25) is 4.72 Å². The summed E-state index contributed by atoms with van der Waals surface area (Å²) < 4.78 is 26.4. The minimum absolute atomic E-state index is 0.548. The van der Waals surface area contributed by atoms with Crippen molar-refractivity contribution in [3.8, 4) is 0 Å². The van der Waals surface area contributed by atoms with Gasteiger partial charge in [-0.05, 0) is 12.1 Å². The fraction of sp³-hybridized carbons (Fsp3) is 0.333. The molecule has 0 amide bonds. The summed E-state index contributed by atoms with van der Waals surface area (Å²) in [6.07, 6.45) is 0. The second-order valence-corrected chi connectivity index (χ2v) is 3.79. The minimum atomic E-state index is -3.37. The molecule has 14 heavy (non-hydrogen) atoms. The van der Waals surface area contributed by atoms with Crippen LogP contribution in [0.25, 0.3) is 0 Å². The molecule has 0 aliphatic heterocycles. The highest BCUT2D eigenvalue weighted by Crippen LogP contribution is 2.05. The summed E-state index contributed by atoms with van der Waals surface area (Å²) in [6, 6.07) is 8.68. The number of para-hydroxylation sites is 1. The summed E-state index contributed by atoms with van der Waals surface area (Å²) in [5.41, 5.74) is 0.548. The Labute approximate surface area is 85.5 Å². The molecule has 4 nitrogen and oxygen atoms in total. The van der Waals surface area contributed by atoms with Crippen molar-refractivity contribution in [3.05, 3.63) is 30.3 Å². The number of benzene rings is 1. The molecule has 0 aliphatic carbocycles. The van der Waals surface area contributed by atoms with E-state index < -0.39 is 10.2 Å². The first-order valence-corrected chi connectivity index (χ1v) is 5.89. The highest BCUT2D eigenvalue weighted by atomic mass is 32.2. The van der Waals surface area contributed by atoms with Crippen molar-refractivity contribution in [2.75, 3.05) is 11.8 Å². The predicted octanol–water partition coefficient (Wildman–Crippen LogP) is 1.59. The van der Waals surface area contributed by atoms with E-state index in [9.17, 15) is 8.42 Å². The maximum absolute atomic E-state index is 10.9. The molecule has 0 aromatic heterocycles. The second kappa shape index (κ2) is 6.39. The molecule has 0 radical (unpaired) electrons. The van der Waals surface area contributed by atoms with E-state index in [2.05, 4.69) is 9.44 Å². The van der Waals surface area contributed by atoms with Gasteiger partial charge in [-0.1, -0.05) is 32.0 Å². The summed E-state index contributed by atoms with van der Waals surface area (Å²) in [5, 5.41) is 0. The van der Waals surface area contributed by atoms with Gasteiger partial charge in [-0.2, -0.15) is 8.42 Å². The summed E-state index contributed by atoms with van der Waals surface area (Å²) in [7, 11) is -2.02. The van der Waals surface area contributed by atoms with E-state index in [-0.39, 0.29) is 0 Å². The fourth-order valence-electron chi connectivity index (χ4n) is 0.712. The van der Waals surface area contributed by atoms with E-state index in [1.54, 1.807) is 24.3 Å². The third-order valence-corrected chi connectivity index (χ3v) is 2.34. The molecule has 0 aliphatic rings. The van der Waals surface area contributed by atoms with Crippen LogP contribution in [0, 0.1) is 0 Å². The number of hydrogen-bond donors (Lipinski definition) is 2. The predicted molar refractivity (Wildman–Crippen MR) is 59.4 cm³/mol. The second-order valence-electron chi connectivity index (χ2n) is 2.18. The van der Waals surface area contributed by atoms with E-state index in [0.717, 1.165) is 0 Å². The van der Waals surface area contributed by atoms with Gasteiger partial charge in [-0.15, -0.1) is 0 Å². The van der Waals surface area contributed by atoms with Gasteiger partial charge < -0.3 is 0 Å². The molecular formula is C9H16N2O2S. The third-order valence-electron chi connectivity index (χ3n) is 1.29. The van der Waals surface area contributed by atoms with Crippen molar-refractivity contribution in [1.82, 2.24) is 4.72 Å². The third kappa shape index (κ3) is 4.84. The monoisotopic (exact) mass is 216 g/mol. The maximum Gasteiger partial charge on any atom is 0.298 e. The van der Waals surface area contributed by atoms with Crippen molar-refractivity contribution in [2.24, 2.45) is 0 Å². The molecule has 0 saturated heterocycles. The first-order valence-electron chi connectivity index (χ1n) is 4.40. The molecule has 5 heteroatoms. The molecular weight excluding hydrogens is 200 g/mol. The van der Waals surface area contributed by atoms with Crippen LogP contribution in [0.4, 0.5) is 5.69 Å². The molecule has 0 unspecified atom stereocenters. The van der Waals surface area contributed by atoms with Crippen LogP contribution < -0.4 is 9.44 Å². The van der Waals surface area contributed by atoms with Crippen molar-refractivity contribution < 1.29 is 8.42 Å². The Morgan fingerprint density at radius 1 is 1.07 bits per heavy atom. The summed E-state index contributed by atoms with van der Waals surface area (Å²) in [5.74, 6) is 0. The van der Waals surface area contributed by atoms with Crippen LogP contribution in [0.1, 0.15) is 13.8 Å². The summed E-state index contributed by atoms with van der Waals surface area (Å²) >= 11 is 0. The topological polar surface area (TPSA) is 58.2 Å². The zero-order chi connectivity index (χ0) is 11.0. The lowest BCUT2D eigenvalue weighted by Crippen LogP contribution is -2.26. The van der Waals surface area contributed by atoms with Crippen LogP contribution in [0.5, 0.6) is 0 Å². The average Bonchev–Trinajstić information content (AvgIpc) is 2.22. The molecule has 0 spiro atoms. The largest absolute Gasteiger partial charge is 0.298 e. The van der Waals surface area contributed by atoms with E-state index in [1.165, 1.54) is 7.05 Å². The van der Waals surface area contributed by atoms with E-state index in [4.69, 9.17) is 0 Å². The van der Waals surface area contributed by atoms with E-state index in [1.807, 2.05) is 19.9 Å². The molecule has 0 atom stereocenters. The Morgan fingerprint density at radius 2 is 1.57 bits per heavy atom. The van der Waals surface area contributed by atoms with Crippen molar-refractivity contribution in [2.45, 2.75) is 13.8 Å². The SMILES string of the molecule is CC.CNS(=O)(=O)Nc1ccccc1. The lowest BCUT2D eigenvalue weighted by Gasteiger charge is -2.04. The van der Waals surface area contributed by atoms with Crippen LogP contribution >= 0.6 is 0 Å². The molecule has 1 rings (SSSR count). The van der Waals surface area contributed by atoms with E-state index >= 15 is 0 Å². The first kappa shape index (κ1) is 12.9. The highest BCUT2D eigenvalue weighted by molar-refractivity contribution is 7.90. The van der Waals surface area contributed by atoms with Crippen LogP contribution in [0.3, 0.4) is 0 Å². The Kier molecular flexibility index (Phi) is 5.91. The van der Waals surface area contributed by atoms with Gasteiger partial charge in [0.05, 0.1) is 0 Å². The molecule has 1 aromatic rings. The van der Waals surface area contributed by atoms with Crippen LogP contribution in [0.2, 0.25) is 0 Å². The lowest BCUT2D eigenvalue weighted by molar-refractivity contribution is 0.593. The standard InChI is InChI=1S/C7H10N2O2S.C2H6/c1-8-12(10,11)9-7-5-3-2-4-6-7;1-2/h2-6,8-9H,1H3;1-2H3. The minimum Gasteiger partial charge on any atom is -0.271 e. The van der Waals surface area contributed by atoms with Crippen LogP contribution in [-0.4, -0.2) is 15.5 Å². The molecule has 0 saturated carbocycles. The Balaban J connectivity index is 0.000000791.